The quantitative estimate of drug-likeness (QED) is 0.823. The van der Waals surface area contributed by atoms with Gasteiger partial charge in [0, 0.05) is 42.6 Å². The molecule has 22 heavy (non-hydrogen) atoms. The summed E-state index contributed by atoms with van der Waals surface area (Å²) in [5, 5.41) is 0. The standard InChI is InChI=1S/C18H23BrN2O/c19-14-6-4-13(5-7-14)16-12-17(16)18(22)21-10-8-20(9-11-21)15-2-1-3-15/h4-7,15-17H,1-3,8-12H2/t16-,17?/m0/s1. The van der Waals surface area contributed by atoms with Crippen molar-refractivity contribution in [1.29, 1.82) is 0 Å². The zero-order chi connectivity index (χ0) is 15.1. The van der Waals surface area contributed by atoms with Gasteiger partial charge in [0.15, 0.2) is 0 Å². The van der Waals surface area contributed by atoms with E-state index in [1.807, 2.05) is 0 Å². The molecule has 2 saturated carbocycles. The largest absolute Gasteiger partial charge is 0.340 e. The van der Waals surface area contributed by atoms with Gasteiger partial charge in [-0.15, -0.1) is 0 Å². The van der Waals surface area contributed by atoms with E-state index < -0.39 is 0 Å². The van der Waals surface area contributed by atoms with E-state index in [-0.39, 0.29) is 5.92 Å². The van der Waals surface area contributed by atoms with Gasteiger partial charge in [-0.25, -0.2) is 0 Å². The molecule has 3 nitrogen and oxygen atoms in total. The second-order valence-corrected chi connectivity index (χ2v) is 7.86. The molecule has 0 aromatic heterocycles. The normalized spacial score (nSPS) is 29.2. The zero-order valence-corrected chi connectivity index (χ0v) is 14.5. The van der Waals surface area contributed by atoms with Crippen molar-refractivity contribution in [2.24, 2.45) is 5.92 Å². The van der Waals surface area contributed by atoms with Gasteiger partial charge in [0.1, 0.15) is 0 Å². The first-order chi connectivity index (χ1) is 10.7. The Morgan fingerprint density at radius 2 is 1.73 bits per heavy atom. The first-order valence-electron chi connectivity index (χ1n) is 8.50. The number of hydrogen-bond acceptors (Lipinski definition) is 2. The number of piperazine rings is 1. The fraction of sp³-hybridized carbons (Fsp3) is 0.611. The highest BCUT2D eigenvalue weighted by Crippen LogP contribution is 2.48. The Morgan fingerprint density at radius 3 is 2.32 bits per heavy atom. The third-order valence-electron chi connectivity index (χ3n) is 5.62. The van der Waals surface area contributed by atoms with Crippen LogP contribution in [0.5, 0.6) is 0 Å². The van der Waals surface area contributed by atoms with Crippen LogP contribution in [0.4, 0.5) is 0 Å². The Labute approximate surface area is 140 Å². The molecular formula is C18H23BrN2O. The molecule has 3 fully saturated rings. The third-order valence-corrected chi connectivity index (χ3v) is 6.15. The lowest BCUT2D eigenvalue weighted by Gasteiger charge is -2.43. The molecule has 1 unspecified atom stereocenters. The summed E-state index contributed by atoms with van der Waals surface area (Å²) in [5.41, 5.74) is 1.31. The highest BCUT2D eigenvalue weighted by Gasteiger charge is 2.46. The van der Waals surface area contributed by atoms with Gasteiger partial charge in [0.25, 0.3) is 0 Å². The molecule has 118 valence electrons. The summed E-state index contributed by atoms with van der Waals surface area (Å²) in [6, 6.07) is 9.26. The van der Waals surface area contributed by atoms with Gasteiger partial charge >= 0.3 is 0 Å². The van der Waals surface area contributed by atoms with Crippen LogP contribution in [-0.2, 0) is 4.79 Å². The first-order valence-corrected chi connectivity index (χ1v) is 9.30. The SMILES string of the molecule is O=C(C1C[C@H]1c1ccc(Br)cc1)N1CCN(C2CCC2)CC1. The second kappa shape index (κ2) is 5.97. The molecule has 4 heteroatoms. The van der Waals surface area contributed by atoms with E-state index in [2.05, 4.69) is 50.0 Å². The van der Waals surface area contributed by atoms with Crippen molar-refractivity contribution < 1.29 is 4.79 Å². The number of halogens is 1. The summed E-state index contributed by atoms with van der Waals surface area (Å²) in [7, 11) is 0. The number of nitrogens with zero attached hydrogens (tertiary/aromatic N) is 2. The fourth-order valence-electron chi connectivity index (χ4n) is 3.84. The summed E-state index contributed by atoms with van der Waals surface area (Å²) in [6.07, 6.45) is 5.15. The van der Waals surface area contributed by atoms with Crippen LogP contribution < -0.4 is 0 Å². The van der Waals surface area contributed by atoms with E-state index in [0.29, 0.717) is 11.8 Å². The van der Waals surface area contributed by atoms with E-state index in [1.165, 1.54) is 24.8 Å². The van der Waals surface area contributed by atoms with Gasteiger partial charge in [-0.05, 0) is 42.9 Å². The summed E-state index contributed by atoms with van der Waals surface area (Å²) in [5.74, 6) is 1.07. The predicted octanol–water partition coefficient (Wildman–Crippen LogP) is 3.25. The van der Waals surface area contributed by atoms with Crippen molar-refractivity contribution in [2.45, 2.75) is 37.6 Å². The van der Waals surface area contributed by atoms with Gasteiger partial charge in [0.2, 0.25) is 5.91 Å². The lowest BCUT2D eigenvalue weighted by molar-refractivity contribution is -0.135. The van der Waals surface area contributed by atoms with Crippen molar-refractivity contribution in [3.05, 3.63) is 34.3 Å². The number of hydrogen-bond donors (Lipinski definition) is 0. The van der Waals surface area contributed by atoms with Gasteiger partial charge in [0.05, 0.1) is 0 Å². The first kappa shape index (κ1) is 14.7. The number of rotatable bonds is 3. The lowest BCUT2D eigenvalue weighted by Crippen LogP contribution is -2.53. The molecule has 1 aromatic rings. The summed E-state index contributed by atoms with van der Waals surface area (Å²) >= 11 is 3.47. The van der Waals surface area contributed by atoms with Crippen molar-refractivity contribution in [1.82, 2.24) is 9.80 Å². The van der Waals surface area contributed by atoms with Gasteiger partial charge in [-0.2, -0.15) is 0 Å². The maximum atomic E-state index is 12.7. The average molecular weight is 363 g/mol. The van der Waals surface area contributed by atoms with Crippen LogP contribution in [0.15, 0.2) is 28.7 Å². The second-order valence-electron chi connectivity index (χ2n) is 6.95. The van der Waals surface area contributed by atoms with Crippen LogP contribution >= 0.6 is 15.9 Å². The van der Waals surface area contributed by atoms with E-state index in [4.69, 9.17) is 0 Å². The van der Waals surface area contributed by atoms with Crippen molar-refractivity contribution >= 4 is 21.8 Å². The third kappa shape index (κ3) is 2.83. The van der Waals surface area contributed by atoms with Crippen molar-refractivity contribution in [2.75, 3.05) is 26.2 Å². The molecule has 2 aliphatic carbocycles. The minimum atomic E-state index is 0.233. The van der Waals surface area contributed by atoms with Crippen LogP contribution in [0.3, 0.4) is 0 Å². The Kier molecular flexibility index (Phi) is 3.99. The minimum absolute atomic E-state index is 0.233. The van der Waals surface area contributed by atoms with Crippen LogP contribution in [0.25, 0.3) is 0 Å². The van der Waals surface area contributed by atoms with Gasteiger partial charge < -0.3 is 4.90 Å². The topological polar surface area (TPSA) is 23.6 Å². The van der Waals surface area contributed by atoms with Crippen LogP contribution in [0.1, 0.15) is 37.2 Å². The Bertz CT molecular complexity index is 547. The fourth-order valence-corrected chi connectivity index (χ4v) is 4.10. The Morgan fingerprint density at radius 1 is 1.05 bits per heavy atom. The molecule has 1 aromatic carbocycles. The number of amides is 1. The Balaban J connectivity index is 1.31. The maximum Gasteiger partial charge on any atom is 0.226 e. The van der Waals surface area contributed by atoms with E-state index in [1.54, 1.807) is 0 Å². The molecule has 0 spiro atoms. The van der Waals surface area contributed by atoms with Crippen molar-refractivity contribution in [3.8, 4) is 0 Å². The zero-order valence-electron chi connectivity index (χ0n) is 12.9. The molecule has 1 heterocycles. The van der Waals surface area contributed by atoms with Gasteiger partial charge in [-0.1, -0.05) is 34.5 Å². The average Bonchev–Trinajstić information content (AvgIpc) is 3.27. The van der Waals surface area contributed by atoms with Crippen molar-refractivity contribution in [3.63, 3.8) is 0 Å². The van der Waals surface area contributed by atoms with Gasteiger partial charge in [-0.3, -0.25) is 9.69 Å². The summed E-state index contributed by atoms with van der Waals surface area (Å²) in [6.45, 7) is 4.01. The monoisotopic (exact) mass is 362 g/mol. The molecule has 1 amide bonds. The molecular weight excluding hydrogens is 340 g/mol. The molecule has 0 radical (unpaired) electrons. The molecule has 3 aliphatic rings. The number of carbonyl (C=O) groups excluding carboxylic acids is 1. The van der Waals surface area contributed by atoms with E-state index in [9.17, 15) is 4.79 Å². The predicted molar refractivity (Wildman–Crippen MR) is 90.8 cm³/mol. The maximum absolute atomic E-state index is 12.7. The van der Waals surface area contributed by atoms with Crippen LogP contribution in [0.2, 0.25) is 0 Å². The molecule has 1 saturated heterocycles. The van der Waals surface area contributed by atoms with E-state index >= 15 is 0 Å². The summed E-state index contributed by atoms with van der Waals surface area (Å²) < 4.78 is 1.10. The molecule has 0 bridgehead atoms. The molecule has 4 rings (SSSR count). The minimum Gasteiger partial charge on any atom is -0.340 e. The molecule has 1 aliphatic heterocycles. The van der Waals surface area contributed by atoms with Crippen LogP contribution in [-0.4, -0.2) is 47.9 Å². The molecule has 2 atom stereocenters. The molecule has 0 N–H and O–H groups in total. The van der Waals surface area contributed by atoms with Crippen LogP contribution in [0, 0.1) is 5.92 Å². The highest BCUT2D eigenvalue weighted by molar-refractivity contribution is 9.10. The lowest BCUT2D eigenvalue weighted by atomic mass is 9.91. The smallest absolute Gasteiger partial charge is 0.226 e. The van der Waals surface area contributed by atoms with E-state index in [0.717, 1.165) is 43.1 Å². The summed E-state index contributed by atoms with van der Waals surface area (Å²) in [4.78, 5) is 17.4. The number of carbonyl (C=O) groups is 1. The highest BCUT2D eigenvalue weighted by atomic mass is 79.9. The Hall–Kier alpha value is -0.870. The number of benzene rings is 1.